The second-order valence-electron chi connectivity index (χ2n) is 2.81. The van der Waals surface area contributed by atoms with Crippen LogP contribution in [0.2, 0.25) is 0 Å². The zero-order valence-electron chi connectivity index (χ0n) is 7.50. The number of halogens is 2. The maximum Gasteiger partial charge on any atom is 0.146 e. The Morgan fingerprint density at radius 2 is 2.27 bits per heavy atom. The summed E-state index contributed by atoms with van der Waals surface area (Å²) in [6, 6.07) is 4.88. The molecule has 0 aliphatic carbocycles. The van der Waals surface area contributed by atoms with Gasteiger partial charge in [0.1, 0.15) is 16.5 Å². The van der Waals surface area contributed by atoms with Gasteiger partial charge in [-0.3, -0.25) is 5.41 Å². The molecule has 0 saturated carbocycles. The molecule has 76 valence electrons. The van der Waals surface area contributed by atoms with Crippen molar-refractivity contribution in [1.82, 2.24) is 4.98 Å². The lowest BCUT2D eigenvalue weighted by atomic mass is 10.1. The average molecular weight is 285 g/mol. The summed E-state index contributed by atoms with van der Waals surface area (Å²) >= 11 is 4.41. The van der Waals surface area contributed by atoms with Gasteiger partial charge in [0.2, 0.25) is 0 Å². The molecule has 5 heteroatoms. The first kappa shape index (κ1) is 10.4. The summed E-state index contributed by atoms with van der Waals surface area (Å²) < 4.78 is 14.0. The van der Waals surface area contributed by atoms with Gasteiger partial charge in [-0.1, -0.05) is 6.07 Å². The molecule has 0 aliphatic rings. The Morgan fingerprint density at radius 1 is 1.47 bits per heavy atom. The van der Waals surface area contributed by atoms with E-state index in [2.05, 4.69) is 20.9 Å². The van der Waals surface area contributed by atoms with Gasteiger partial charge in [-0.15, -0.1) is 11.3 Å². The van der Waals surface area contributed by atoms with E-state index in [0.29, 0.717) is 9.48 Å². The lowest BCUT2D eigenvalue weighted by molar-refractivity contribution is 0.618. The van der Waals surface area contributed by atoms with Gasteiger partial charge in [0.15, 0.2) is 0 Å². The van der Waals surface area contributed by atoms with Crippen molar-refractivity contribution < 1.29 is 4.39 Å². The highest BCUT2D eigenvalue weighted by Gasteiger charge is 2.13. The number of thiazole rings is 1. The molecule has 2 aromatic rings. The van der Waals surface area contributed by atoms with E-state index in [0.717, 1.165) is 0 Å². The van der Waals surface area contributed by atoms with E-state index in [4.69, 9.17) is 5.41 Å². The molecule has 2 nitrogen and oxygen atoms in total. The third kappa shape index (κ3) is 1.98. The van der Waals surface area contributed by atoms with Crippen molar-refractivity contribution in [3.8, 4) is 0 Å². The summed E-state index contributed by atoms with van der Waals surface area (Å²) in [6.07, 6.45) is 1.60. The van der Waals surface area contributed by atoms with Crippen LogP contribution in [0, 0.1) is 11.2 Å². The van der Waals surface area contributed by atoms with Crippen LogP contribution in [0.5, 0.6) is 0 Å². The zero-order chi connectivity index (χ0) is 10.8. The van der Waals surface area contributed by atoms with E-state index in [1.165, 1.54) is 11.3 Å². The number of nitrogens with one attached hydrogen (secondary N) is 1. The van der Waals surface area contributed by atoms with Gasteiger partial charge in [-0.25, -0.2) is 9.37 Å². The fourth-order valence-corrected chi connectivity index (χ4v) is 2.13. The average Bonchev–Trinajstić information content (AvgIpc) is 2.74. The summed E-state index contributed by atoms with van der Waals surface area (Å²) in [4.78, 5) is 3.98. The van der Waals surface area contributed by atoms with Crippen molar-refractivity contribution in [2.75, 3.05) is 0 Å². The highest BCUT2D eigenvalue weighted by Crippen LogP contribution is 2.21. The summed E-state index contributed by atoms with van der Waals surface area (Å²) in [7, 11) is 0. The fourth-order valence-electron chi connectivity index (χ4n) is 1.16. The molecule has 1 heterocycles. The number of rotatable bonds is 2. The van der Waals surface area contributed by atoms with Crippen LogP contribution < -0.4 is 0 Å². The van der Waals surface area contributed by atoms with E-state index in [-0.39, 0.29) is 11.3 Å². The quantitative estimate of drug-likeness (QED) is 0.843. The van der Waals surface area contributed by atoms with E-state index >= 15 is 0 Å². The van der Waals surface area contributed by atoms with E-state index < -0.39 is 5.82 Å². The number of aromatic nitrogens is 1. The molecule has 2 rings (SSSR count). The Labute approximate surface area is 98.4 Å². The first-order valence-electron chi connectivity index (χ1n) is 4.13. The second-order valence-corrected chi connectivity index (χ2v) is 4.56. The Hall–Kier alpha value is -1.07. The van der Waals surface area contributed by atoms with Gasteiger partial charge >= 0.3 is 0 Å². The van der Waals surface area contributed by atoms with Crippen molar-refractivity contribution in [3.05, 3.63) is 50.6 Å². The summed E-state index contributed by atoms with van der Waals surface area (Å²) in [5, 5.41) is 10.1. The minimum atomic E-state index is -0.419. The van der Waals surface area contributed by atoms with Crippen LogP contribution in [0.1, 0.15) is 10.6 Å². The van der Waals surface area contributed by atoms with E-state index in [1.807, 2.05) is 0 Å². The van der Waals surface area contributed by atoms with Crippen LogP contribution in [-0.4, -0.2) is 10.7 Å². The smallest absolute Gasteiger partial charge is 0.146 e. The molecule has 1 aromatic heterocycles. The Kier molecular flexibility index (Phi) is 2.93. The van der Waals surface area contributed by atoms with Gasteiger partial charge in [0.25, 0.3) is 0 Å². The highest BCUT2D eigenvalue weighted by atomic mass is 79.9. The molecule has 0 spiro atoms. The molecule has 0 atom stereocenters. The summed E-state index contributed by atoms with van der Waals surface area (Å²) in [5.74, 6) is -0.419. The van der Waals surface area contributed by atoms with Gasteiger partial charge in [0, 0.05) is 17.1 Å². The zero-order valence-corrected chi connectivity index (χ0v) is 9.90. The number of hydrogen-bond acceptors (Lipinski definition) is 3. The third-order valence-corrected chi connectivity index (χ3v) is 3.27. The monoisotopic (exact) mass is 284 g/mol. The largest absolute Gasteiger partial charge is 0.297 e. The minimum Gasteiger partial charge on any atom is -0.297 e. The number of nitrogens with zero attached hydrogens (tertiary/aromatic N) is 1. The van der Waals surface area contributed by atoms with Crippen LogP contribution in [0.4, 0.5) is 4.39 Å². The standard InChI is InChI=1S/C10H6BrFN2S/c11-7-3-1-2-6(8(7)12)9(13)10-14-4-5-15-10/h1-5,13H. The van der Waals surface area contributed by atoms with Crippen molar-refractivity contribution in [1.29, 1.82) is 5.41 Å². The molecule has 0 aliphatic heterocycles. The second kappa shape index (κ2) is 4.20. The molecule has 0 bridgehead atoms. The molecule has 15 heavy (non-hydrogen) atoms. The Balaban J connectivity index is 2.47. The molecule has 1 N–H and O–H groups in total. The van der Waals surface area contributed by atoms with Crippen molar-refractivity contribution in [2.24, 2.45) is 0 Å². The van der Waals surface area contributed by atoms with Gasteiger partial charge in [-0.05, 0) is 28.1 Å². The van der Waals surface area contributed by atoms with E-state index in [1.54, 1.807) is 29.8 Å². The van der Waals surface area contributed by atoms with Gasteiger partial charge in [-0.2, -0.15) is 0 Å². The highest BCUT2D eigenvalue weighted by molar-refractivity contribution is 9.10. The molecule has 0 unspecified atom stereocenters. The van der Waals surface area contributed by atoms with Crippen molar-refractivity contribution in [2.45, 2.75) is 0 Å². The van der Waals surface area contributed by atoms with Crippen LogP contribution in [0.15, 0.2) is 34.2 Å². The van der Waals surface area contributed by atoms with Crippen molar-refractivity contribution in [3.63, 3.8) is 0 Å². The molecule has 0 amide bonds. The molecule has 1 aromatic carbocycles. The summed E-state index contributed by atoms with van der Waals surface area (Å²) in [5.41, 5.74) is 0.378. The number of hydrogen-bond donors (Lipinski definition) is 1. The Morgan fingerprint density at radius 3 is 2.93 bits per heavy atom. The first-order valence-corrected chi connectivity index (χ1v) is 5.80. The predicted molar refractivity (Wildman–Crippen MR) is 62.1 cm³/mol. The molecule has 0 fully saturated rings. The normalized spacial score (nSPS) is 10.3. The lowest BCUT2D eigenvalue weighted by Crippen LogP contribution is -2.03. The molecular formula is C10H6BrFN2S. The van der Waals surface area contributed by atoms with Crippen LogP contribution >= 0.6 is 27.3 Å². The SMILES string of the molecule is N=C(c1nccs1)c1cccc(Br)c1F. The fraction of sp³-hybridized carbons (Fsp3) is 0. The van der Waals surface area contributed by atoms with E-state index in [9.17, 15) is 4.39 Å². The topological polar surface area (TPSA) is 36.7 Å². The molecule has 0 saturated heterocycles. The maximum atomic E-state index is 13.6. The van der Waals surface area contributed by atoms with Crippen LogP contribution in [0.3, 0.4) is 0 Å². The molecular weight excluding hydrogens is 279 g/mol. The van der Waals surface area contributed by atoms with Crippen LogP contribution in [0.25, 0.3) is 0 Å². The lowest BCUT2D eigenvalue weighted by Gasteiger charge is -2.03. The maximum absolute atomic E-state index is 13.6. The first-order chi connectivity index (χ1) is 7.20. The summed E-state index contributed by atoms with van der Waals surface area (Å²) in [6.45, 7) is 0. The molecule has 0 radical (unpaired) electrons. The van der Waals surface area contributed by atoms with Crippen molar-refractivity contribution >= 4 is 33.0 Å². The van der Waals surface area contributed by atoms with Gasteiger partial charge in [0.05, 0.1) is 4.47 Å². The van der Waals surface area contributed by atoms with Crippen LogP contribution in [-0.2, 0) is 0 Å². The number of benzene rings is 1. The minimum absolute atomic E-state index is 0.115. The predicted octanol–water partition coefficient (Wildman–Crippen LogP) is 3.46. The third-order valence-electron chi connectivity index (χ3n) is 1.87. The van der Waals surface area contributed by atoms with Gasteiger partial charge < -0.3 is 0 Å². The Bertz CT molecular complexity index is 496.